The lowest BCUT2D eigenvalue weighted by atomic mass is 9.80. The monoisotopic (exact) mass is 429 g/mol. The van der Waals surface area contributed by atoms with Crippen LogP contribution in [0.3, 0.4) is 0 Å². The van der Waals surface area contributed by atoms with Crippen molar-refractivity contribution < 1.29 is 22.7 Å². The van der Waals surface area contributed by atoms with Crippen LogP contribution in [0.4, 0.5) is 13.2 Å². The molecule has 0 saturated heterocycles. The summed E-state index contributed by atoms with van der Waals surface area (Å²) in [6, 6.07) is 8.12. The van der Waals surface area contributed by atoms with E-state index in [0.29, 0.717) is 17.3 Å². The van der Waals surface area contributed by atoms with Crippen LogP contribution in [0, 0.1) is 12.8 Å². The highest BCUT2D eigenvalue weighted by Crippen LogP contribution is 2.39. The molecule has 3 heterocycles. The van der Waals surface area contributed by atoms with Gasteiger partial charge in [0.2, 0.25) is 0 Å². The number of halogens is 3. The maximum Gasteiger partial charge on any atom is 0.417 e. The lowest BCUT2D eigenvalue weighted by Gasteiger charge is -2.30. The molecular weight excluding hydrogens is 407 g/mol. The summed E-state index contributed by atoms with van der Waals surface area (Å²) >= 11 is 0. The van der Waals surface area contributed by atoms with Crippen LogP contribution in [0.1, 0.15) is 52.1 Å². The van der Waals surface area contributed by atoms with E-state index in [0.717, 1.165) is 35.6 Å². The first kappa shape index (κ1) is 19.9. The third kappa shape index (κ3) is 3.64. The second-order valence-electron chi connectivity index (χ2n) is 8.37. The molecule has 31 heavy (non-hydrogen) atoms. The Labute approximate surface area is 177 Å². The zero-order valence-electron chi connectivity index (χ0n) is 17.0. The number of rotatable bonds is 4. The molecule has 2 aliphatic rings. The smallest absolute Gasteiger partial charge is 0.417 e. The Hall–Kier alpha value is -3.03. The Morgan fingerprint density at radius 3 is 2.77 bits per heavy atom. The molecule has 2 aromatic heterocycles. The van der Waals surface area contributed by atoms with Gasteiger partial charge in [-0.05, 0) is 55.0 Å². The summed E-state index contributed by atoms with van der Waals surface area (Å²) in [6.07, 6.45) is 1.26. The summed E-state index contributed by atoms with van der Waals surface area (Å²) in [4.78, 5) is 17.0. The van der Waals surface area contributed by atoms with Crippen molar-refractivity contribution in [1.82, 2.24) is 14.7 Å². The first-order valence-electron chi connectivity index (χ1n) is 10.4. The van der Waals surface area contributed by atoms with Gasteiger partial charge in [-0.15, -0.1) is 0 Å². The molecule has 1 N–H and O–H groups in total. The predicted molar refractivity (Wildman–Crippen MR) is 108 cm³/mol. The number of alkyl halides is 3. The number of benzene rings is 1. The fourth-order valence-corrected chi connectivity index (χ4v) is 4.38. The van der Waals surface area contributed by atoms with Crippen LogP contribution in [0.2, 0.25) is 0 Å². The average molecular weight is 429 g/mol. The van der Waals surface area contributed by atoms with E-state index in [1.807, 2.05) is 18.2 Å². The van der Waals surface area contributed by atoms with Gasteiger partial charge >= 0.3 is 6.18 Å². The van der Waals surface area contributed by atoms with Crippen molar-refractivity contribution in [3.63, 3.8) is 0 Å². The number of carbonyl (C=O) groups excluding carboxylic acids is 1. The number of aryl methyl sites for hydroxylation is 1. The van der Waals surface area contributed by atoms with E-state index in [9.17, 15) is 18.0 Å². The van der Waals surface area contributed by atoms with Crippen molar-refractivity contribution in [2.45, 2.75) is 51.4 Å². The van der Waals surface area contributed by atoms with Crippen molar-refractivity contribution in [2.75, 3.05) is 0 Å². The molecule has 0 bridgehead atoms. The molecule has 5 rings (SSSR count). The summed E-state index contributed by atoms with van der Waals surface area (Å²) in [5.74, 6) is 1.08. The number of pyridine rings is 1. The van der Waals surface area contributed by atoms with Gasteiger partial charge in [0.1, 0.15) is 23.2 Å². The molecule has 0 radical (unpaired) electrons. The molecular formula is C23H22F3N3O2. The molecule has 8 heteroatoms. The topological polar surface area (TPSA) is 55.6 Å². The number of aromatic nitrogens is 2. The number of amides is 1. The summed E-state index contributed by atoms with van der Waals surface area (Å²) in [6.45, 7) is 1.88. The maximum atomic E-state index is 13.1. The molecule has 1 atom stereocenters. The average Bonchev–Trinajstić information content (AvgIpc) is 3.22. The van der Waals surface area contributed by atoms with Crippen molar-refractivity contribution in [1.29, 1.82) is 0 Å². The minimum Gasteiger partial charge on any atom is -0.490 e. The molecule has 0 spiro atoms. The molecule has 1 unspecified atom stereocenters. The number of imidazole rings is 1. The number of carbonyl (C=O) groups is 1. The molecule has 1 aliphatic carbocycles. The van der Waals surface area contributed by atoms with E-state index in [-0.39, 0.29) is 18.3 Å². The second kappa shape index (κ2) is 7.28. The third-order valence-corrected chi connectivity index (χ3v) is 6.29. The minimum absolute atomic E-state index is 0.107. The van der Waals surface area contributed by atoms with Crippen molar-refractivity contribution in [2.24, 2.45) is 5.92 Å². The Bertz CT molecular complexity index is 1160. The molecule has 1 amide bonds. The van der Waals surface area contributed by atoms with Crippen LogP contribution in [0.25, 0.3) is 5.65 Å². The van der Waals surface area contributed by atoms with Gasteiger partial charge in [-0.2, -0.15) is 13.2 Å². The molecule has 1 fully saturated rings. The first-order valence-corrected chi connectivity index (χ1v) is 10.4. The molecule has 162 valence electrons. The third-order valence-electron chi connectivity index (χ3n) is 6.29. The van der Waals surface area contributed by atoms with Crippen LogP contribution in [-0.4, -0.2) is 21.4 Å². The molecule has 5 nitrogen and oxygen atoms in total. The number of fused-ring (bicyclic) bond motifs is 2. The van der Waals surface area contributed by atoms with Gasteiger partial charge < -0.3 is 10.1 Å². The van der Waals surface area contributed by atoms with E-state index < -0.39 is 17.6 Å². The fraction of sp³-hybridized carbons (Fsp3) is 0.391. The minimum atomic E-state index is -4.50. The predicted octanol–water partition coefficient (Wildman–Crippen LogP) is 4.70. The quantitative estimate of drug-likeness (QED) is 0.654. The van der Waals surface area contributed by atoms with E-state index in [1.165, 1.54) is 29.7 Å². The summed E-state index contributed by atoms with van der Waals surface area (Å²) < 4.78 is 46.5. The highest BCUT2D eigenvalue weighted by Gasteiger charge is 2.34. The van der Waals surface area contributed by atoms with E-state index in [2.05, 4.69) is 10.3 Å². The summed E-state index contributed by atoms with van der Waals surface area (Å²) in [5.41, 5.74) is 2.02. The lowest BCUT2D eigenvalue weighted by Crippen LogP contribution is -2.30. The summed E-state index contributed by atoms with van der Waals surface area (Å²) in [5, 5.41) is 2.82. The van der Waals surface area contributed by atoms with Crippen LogP contribution in [0.5, 0.6) is 5.75 Å². The van der Waals surface area contributed by atoms with Gasteiger partial charge in [0.05, 0.1) is 11.3 Å². The van der Waals surface area contributed by atoms with Gasteiger partial charge in [0, 0.05) is 19.2 Å². The number of hydrogen-bond donors (Lipinski definition) is 1. The van der Waals surface area contributed by atoms with Crippen molar-refractivity contribution >= 4 is 11.6 Å². The van der Waals surface area contributed by atoms with Gasteiger partial charge in [0.15, 0.2) is 0 Å². The maximum absolute atomic E-state index is 13.1. The highest BCUT2D eigenvalue weighted by molar-refractivity contribution is 5.94. The van der Waals surface area contributed by atoms with Crippen LogP contribution < -0.4 is 10.1 Å². The SMILES string of the molecule is Cc1nc2ccc(C(F)(F)F)cn2c1C(=O)NCc1ccc2c(c1)CC(C1CCC1)O2. The van der Waals surface area contributed by atoms with Crippen LogP contribution in [0.15, 0.2) is 36.5 Å². The van der Waals surface area contributed by atoms with Gasteiger partial charge in [-0.25, -0.2) is 4.98 Å². The van der Waals surface area contributed by atoms with E-state index >= 15 is 0 Å². The molecule has 3 aromatic rings. The molecule has 1 saturated carbocycles. The van der Waals surface area contributed by atoms with Crippen LogP contribution in [-0.2, 0) is 19.1 Å². The second-order valence-corrected chi connectivity index (χ2v) is 8.37. The number of ether oxygens (including phenoxy) is 1. The number of nitrogens with one attached hydrogen (secondary N) is 1. The Kier molecular flexibility index (Phi) is 4.68. The number of nitrogens with zero attached hydrogens (tertiary/aromatic N) is 2. The van der Waals surface area contributed by atoms with Gasteiger partial charge in [0.25, 0.3) is 5.91 Å². The first-order chi connectivity index (χ1) is 14.8. The van der Waals surface area contributed by atoms with E-state index in [1.54, 1.807) is 6.92 Å². The van der Waals surface area contributed by atoms with E-state index in [4.69, 9.17) is 4.74 Å². The zero-order chi connectivity index (χ0) is 21.8. The van der Waals surface area contributed by atoms with Crippen molar-refractivity contribution in [3.8, 4) is 5.75 Å². The van der Waals surface area contributed by atoms with Gasteiger partial charge in [-0.1, -0.05) is 18.6 Å². The van der Waals surface area contributed by atoms with Crippen LogP contribution >= 0.6 is 0 Å². The number of hydrogen-bond acceptors (Lipinski definition) is 3. The fourth-order valence-electron chi connectivity index (χ4n) is 4.38. The highest BCUT2D eigenvalue weighted by atomic mass is 19.4. The largest absolute Gasteiger partial charge is 0.490 e. The van der Waals surface area contributed by atoms with Crippen molar-refractivity contribution in [3.05, 3.63) is 64.6 Å². The lowest BCUT2D eigenvalue weighted by molar-refractivity contribution is -0.137. The Morgan fingerprint density at radius 1 is 1.26 bits per heavy atom. The zero-order valence-corrected chi connectivity index (χ0v) is 17.0. The Morgan fingerprint density at radius 2 is 2.06 bits per heavy atom. The molecule has 1 aliphatic heterocycles. The normalized spacial score (nSPS) is 18.5. The Balaban J connectivity index is 1.32. The molecule has 1 aromatic carbocycles. The summed E-state index contributed by atoms with van der Waals surface area (Å²) in [7, 11) is 0. The standard InChI is InChI=1S/C23H22F3N3O2/c1-13-21(29-12-17(23(24,25)26)6-8-20(29)28-13)22(30)27-11-14-5-7-18-16(9-14)10-19(31-18)15-3-2-4-15/h5-9,12,15,19H,2-4,10-11H2,1H3,(H,27,30). The van der Waals surface area contributed by atoms with Gasteiger partial charge in [-0.3, -0.25) is 9.20 Å².